The van der Waals surface area contributed by atoms with Crippen LogP contribution in [0.1, 0.15) is 122 Å². The van der Waals surface area contributed by atoms with E-state index in [4.69, 9.17) is 24.4 Å². The zero-order chi connectivity index (χ0) is 27.7. The molecule has 0 aliphatic rings. The Kier molecular flexibility index (Phi) is 25.1. The SMILES string of the molecule is CCCCCCCCCCCCCCCCCC(=O)NCCC[N+](C)(C)CCC(=O)O.O=P([O-])(O)O. The molecule has 0 bridgehead atoms. The van der Waals surface area contributed by atoms with E-state index < -0.39 is 13.8 Å². The second kappa shape index (κ2) is 24.4. The van der Waals surface area contributed by atoms with E-state index in [1.54, 1.807) is 0 Å². The van der Waals surface area contributed by atoms with Crippen LogP contribution >= 0.6 is 7.82 Å². The summed E-state index contributed by atoms with van der Waals surface area (Å²) in [7, 11) is -0.805. The number of hydrogen-bond acceptors (Lipinski definition) is 4. The number of quaternary nitrogens is 1. The van der Waals surface area contributed by atoms with Crippen molar-refractivity contribution in [3.05, 3.63) is 0 Å². The number of phosphoric acid groups is 1. The first-order valence-corrected chi connectivity index (χ1v) is 15.5. The highest BCUT2D eigenvalue weighted by Crippen LogP contribution is 2.19. The average molecular weight is 539 g/mol. The summed E-state index contributed by atoms with van der Waals surface area (Å²) < 4.78 is 9.45. The fourth-order valence-electron chi connectivity index (χ4n) is 3.99. The fraction of sp³-hybridized carbons (Fsp3) is 0.923. The molecule has 9 nitrogen and oxygen atoms in total. The number of amides is 1. The molecule has 0 fully saturated rings. The molecule has 216 valence electrons. The van der Waals surface area contributed by atoms with E-state index in [-0.39, 0.29) is 12.3 Å². The Labute approximate surface area is 219 Å². The second-order valence-corrected chi connectivity index (χ2v) is 11.4. The smallest absolute Gasteiger partial charge is 0.309 e. The lowest BCUT2D eigenvalue weighted by Gasteiger charge is -2.29. The van der Waals surface area contributed by atoms with Crippen molar-refractivity contribution in [2.75, 3.05) is 33.7 Å². The van der Waals surface area contributed by atoms with E-state index in [9.17, 15) is 9.59 Å². The minimum absolute atomic E-state index is 0.158. The summed E-state index contributed by atoms with van der Waals surface area (Å²) in [6.07, 6.45) is 21.8. The Balaban J connectivity index is 0. The van der Waals surface area contributed by atoms with Gasteiger partial charge in [0.15, 0.2) is 0 Å². The maximum atomic E-state index is 11.9. The summed E-state index contributed by atoms with van der Waals surface area (Å²) in [6.45, 7) is 4.47. The van der Waals surface area contributed by atoms with Crippen LogP contribution in [0.3, 0.4) is 0 Å². The molecule has 0 heterocycles. The molecule has 0 aliphatic heterocycles. The lowest BCUT2D eigenvalue weighted by atomic mass is 10.0. The first-order chi connectivity index (χ1) is 16.9. The highest BCUT2D eigenvalue weighted by molar-refractivity contribution is 7.43. The number of hydrogen-bond donors (Lipinski definition) is 4. The predicted octanol–water partition coefficient (Wildman–Crippen LogP) is 4.74. The van der Waals surface area contributed by atoms with Crippen LogP contribution in [-0.4, -0.2) is 65.0 Å². The summed E-state index contributed by atoms with van der Waals surface area (Å²) in [5.74, 6) is -0.589. The molecule has 0 radical (unpaired) electrons. The second-order valence-electron chi connectivity index (χ2n) is 10.4. The predicted molar refractivity (Wildman–Crippen MR) is 143 cm³/mol. The summed E-state index contributed by atoms with van der Waals surface area (Å²) in [6, 6.07) is 0. The van der Waals surface area contributed by atoms with Gasteiger partial charge in [-0.2, -0.15) is 0 Å². The maximum Gasteiger partial charge on any atom is 0.309 e. The highest BCUT2D eigenvalue weighted by atomic mass is 31.2. The molecular weight excluding hydrogens is 483 g/mol. The number of aliphatic carboxylic acids is 1. The molecule has 0 aliphatic carbocycles. The van der Waals surface area contributed by atoms with Gasteiger partial charge in [0.1, 0.15) is 0 Å². The topological polar surface area (TPSA) is 147 Å². The van der Waals surface area contributed by atoms with Gasteiger partial charge in [0, 0.05) is 19.4 Å². The monoisotopic (exact) mass is 538 g/mol. The van der Waals surface area contributed by atoms with Crippen molar-refractivity contribution in [3.8, 4) is 0 Å². The molecule has 0 spiro atoms. The Hall–Kier alpha value is -0.990. The molecule has 0 saturated carbocycles. The lowest BCUT2D eigenvalue weighted by molar-refractivity contribution is -0.889. The molecular formula is C26H55N2O7P. The summed E-state index contributed by atoms with van der Waals surface area (Å²) >= 11 is 0. The number of unbranched alkanes of at least 4 members (excludes halogenated alkanes) is 14. The molecule has 10 heteroatoms. The van der Waals surface area contributed by atoms with Gasteiger partial charge in [-0.05, 0) is 6.42 Å². The molecule has 0 rings (SSSR count). The molecule has 0 aromatic rings. The van der Waals surface area contributed by atoms with Crippen molar-refractivity contribution < 1.29 is 38.4 Å². The minimum Gasteiger partial charge on any atom is -0.756 e. The van der Waals surface area contributed by atoms with E-state index in [2.05, 4.69) is 12.2 Å². The lowest BCUT2D eigenvalue weighted by Crippen LogP contribution is -2.43. The standard InChI is InChI=1S/C26H52N2O3.H3O4P/c1-4-5-6-7-8-9-10-11-12-13-14-15-16-17-18-20-25(29)27-22-19-23-28(2,3)24-21-26(30)31;1-5(2,3)4/h4-24H2,1-3H3,(H-,27,29,30,31);(H3,1,2,3,4). The number of carboxylic acid groups (broad SMARTS) is 1. The quantitative estimate of drug-likeness (QED) is 0.0834. The van der Waals surface area contributed by atoms with Crippen LogP contribution in [0.25, 0.3) is 0 Å². The molecule has 1 amide bonds. The number of nitrogens with one attached hydrogen (secondary N) is 1. The van der Waals surface area contributed by atoms with Crippen molar-refractivity contribution in [2.45, 2.75) is 122 Å². The van der Waals surface area contributed by atoms with Gasteiger partial charge in [-0.15, -0.1) is 0 Å². The third kappa shape index (κ3) is 37.6. The number of carbonyl (C=O) groups excluding carboxylic acids is 1. The van der Waals surface area contributed by atoms with Gasteiger partial charge in [0.25, 0.3) is 7.82 Å². The average Bonchev–Trinajstić information content (AvgIpc) is 2.77. The Morgan fingerprint density at radius 1 is 0.722 bits per heavy atom. The van der Waals surface area contributed by atoms with Gasteiger partial charge in [0.2, 0.25) is 5.91 Å². The third-order valence-corrected chi connectivity index (χ3v) is 6.20. The van der Waals surface area contributed by atoms with Gasteiger partial charge in [-0.1, -0.05) is 96.8 Å². The fourth-order valence-corrected chi connectivity index (χ4v) is 3.99. The summed E-state index contributed by atoms with van der Waals surface area (Å²) in [5.41, 5.74) is 0. The van der Waals surface area contributed by atoms with Crippen LogP contribution in [0.2, 0.25) is 0 Å². The van der Waals surface area contributed by atoms with Crippen LogP contribution in [0.5, 0.6) is 0 Å². The van der Waals surface area contributed by atoms with Crippen LogP contribution < -0.4 is 10.2 Å². The normalized spacial score (nSPS) is 11.6. The van der Waals surface area contributed by atoms with Gasteiger partial charge in [0.05, 0.1) is 33.6 Å². The first kappa shape index (κ1) is 37.2. The Bertz CT molecular complexity index is 574. The van der Waals surface area contributed by atoms with Crippen molar-refractivity contribution in [2.24, 2.45) is 0 Å². The van der Waals surface area contributed by atoms with Gasteiger partial charge in [-0.25, -0.2) is 0 Å². The molecule has 4 N–H and O–H groups in total. The van der Waals surface area contributed by atoms with Crippen molar-refractivity contribution in [1.29, 1.82) is 0 Å². The number of carboxylic acids is 1. The van der Waals surface area contributed by atoms with Crippen molar-refractivity contribution in [1.82, 2.24) is 5.32 Å². The Morgan fingerprint density at radius 3 is 1.50 bits per heavy atom. The van der Waals surface area contributed by atoms with Gasteiger partial charge < -0.3 is 29.6 Å². The maximum absolute atomic E-state index is 11.9. The van der Waals surface area contributed by atoms with E-state index in [0.717, 1.165) is 25.8 Å². The van der Waals surface area contributed by atoms with Gasteiger partial charge >= 0.3 is 5.97 Å². The van der Waals surface area contributed by atoms with E-state index in [1.807, 2.05) is 14.1 Å². The number of carbonyl (C=O) groups is 2. The minimum atomic E-state index is -4.89. The molecule has 0 unspecified atom stereocenters. The van der Waals surface area contributed by atoms with Crippen LogP contribution in [-0.2, 0) is 14.2 Å². The van der Waals surface area contributed by atoms with E-state index >= 15 is 0 Å². The van der Waals surface area contributed by atoms with E-state index in [0.29, 0.717) is 24.0 Å². The third-order valence-electron chi connectivity index (χ3n) is 6.20. The largest absolute Gasteiger partial charge is 0.756 e. The van der Waals surface area contributed by atoms with Crippen molar-refractivity contribution in [3.63, 3.8) is 0 Å². The van der Waals surface area contributed by atoms with Crippen molar-refractivity contribution >= 4 is 19.7 Å². The number of rotatable bonds is 23. The summed E-state index contributed by atoms with van der Waals surface area (Å²) in [5, 5.41) is 11.8. The molecule has 36 heavy (non-hydrogen) atoms. The molecule has 0 saturated heterocycles. The van der Waals surface area contributed by atoms with Crippen LogP contribution in [0.4, 0.5) is 0 Å². The highest BCUT2D eigenvalue weighted by Gasteiger charge is 2.16. The summed E-state index contributed by atoms with van der Waals surface area (Å²) in [4.78, 5) is 45.5. The molecule has 0 aromatic carbocycles. The van der Waals surface area contributed by atoms with Crippen LogP contribution in [0, 0.1) is 0 Å². The molecule has 0 atom stereocenters. The number of nitrogens with zero attached hydrogens (tertiary/aromatic N) is 1. The molecule has 0 aromatic heterocycles. The van der Waals surface area contributed by atoms with Crippen LogP contribution in [0.15, 0.2) is 0 Å². The zero-order valence-corrected chi connectivity index (χ0v) is 24.1. The Morgan fingerprint density at radius 2 is 1.11 bits per heavy atom. The zero-order valence-electron chi connectivity index (χ0n) is 23.2. The van der Waals surface area contributed by atoms with Gasteiger partial charge in [-0.3, -0.25) is 14.2 Å². The van der Waals surface area contributed by atoms with E-state index in [1.165, 1.54) is 83.5 Å². The first-order valence-electron chi connectivity index (χ1n) is 13.9.